The average molecular weight is 341 g/mol. The van der Waals surface area contributed by atoms with Crippen molar-refractivity contribution in [3.8, 4) is 0 Å². The highest BCUT2D eigenvalue weighted by molar-refractivity contribution is 5.80. The van der Waals surface area contributed by atoms with Crippen molar-refractivity contribution < 1.29 is 4.74 Å². The molecule has 2 aromatic rings. The van der Waals surface area contributed by atoms with Crippen LogP contribution in [0.5, 0.6) is 0 Å². The average Bonchev–Trinajstić information content (AvgIpc) is 3.15. The van der Waals surface area contributed by atoms with Gasteiger partial charge in [0.05, 0.1) is 26.4 Å². The van der Waals surface area contributed by atoms with Gasteiger partial charge in [-0.25, -0.2) is 9.97 Å². The molecule has 2 aliphatic heterocycles. The minimum atomic E-state index is 0.570. The lowest BCUT2D eigenvalue weighted by molar-refractivity contribution is 0.122. The van der Waals surface area contributed by atoms with Crippen molar-refractivity contribution in [2.45, 2.75) is 6.54 Å². The SMILES string of the molecule is CNc1nc(CNc2ccc(N3CCOCC3)cc2)nc2c1NCN2. The van der Waals surface area contributed by atoms with Crippen molar-refractivity contribution in [1.82, 2.24) is 9.97 Å². The Labute approximate surface area is 147 Å². The predicted molar refractivity (Wildman–Crippen MR) is 100 cm³/mol. The van der Waals surface area contributed by atoms with Crippen LogP contribution in [0.1, 0.15) is 5.82 Å². The zero-order valence-corrected chi connectivity index (χ0v) is 14.3. The fraction of sp³-hybridized carbons (Fsp3) is 0.412. The topological polar surface area (TPSA) is 86.4 Å². The highest BCUT2D eigenvalue weighted by Gasteiger charge is 2.17. The lowest BCUT2D eigenvalue weighted by Crippen LogP contribution is -2.36. The Morgan fingerprint density at radius 2 is 1.92 bits per heavy atom. The Morgan fingerprint density at radius 1 is 1.12 bits per heavy atom. The van der Waals surface area contributed by atoms with E-state index in [9.17, 15) is 0 Å². The number of nitrogens with one attached hydrogen (secondary N) is 4. The number of hydrogen-bond donors (Lipinski definition) is 4. The zero-order chi connectivity index (χ0) is 17.1. The van der Waals surface area contributed by atoms with Gasteiger partial charge in [0.25, 0.3) is 0 Å². The highest BCUT2D eigenvalue weighted by Crippen LogP contribution is 2.30. The fourth-order valence-corrected chi connectivity index (χ4v) is 3.07. The molecular formula is C17H23N7O. The van der Waals surface area contributed by atoms with Gasteiger partial charge in [-0.05, 0) is 24.3 Å². The normalized spacial score (nSPS) is 16.0. The van der Waals surface area contributed by atoms with Crippen molar-refractivity contribution in [1.29, 1.82) is 0 Å². The summed E-state index contributed by atoms with van der Waals surface area (Å²) in [5.41, 5.74) is 3.22. The molecule has 2 aliphatic rings. The summed E-state index contributed by atoms with van der Waals surface area (Å²) in [6.45, 7) is 4.74. The third-order valence-electron chi connectivity index (χ3n) is 4.41. The number of rotatable bonds is 5. The van der Waals surface area contributed by atoms with Crippen LogP contribution in [-0.4, -0.2) is 50.0 Å². The molecule has 0 amide bonds. The number of ether oxygens (including phenoxy) is 1. The number of anilines is 5. The summed E-state index contributed by atoms with van der Waals surface area (Å²) < 4.78 is 5.40. The minimum absolute atomic E-state index is 0.570. The number of fused-ring (bicyclic) bond motifs is 1. The van der Waals surface area contributed by atoms with Crippen LogP contribution < -0.4 is 26.2 Å². The first-order valence-corrected chi connectivity index (χ1v) is 8.56. The Morgan fingerprint density at radius 3 is 2.68 bits per heavy atom. The maximum absolute atomic E-state index is 5.40. The van der Waals surface area contributed by atoms with Gasteiger partial charge < -0.3 is 30.9 Å². The van der Waals surface area contributed by atoms with E-state index in [0.717, 1.165) is 55.1 Å². The van der Waals surface area contributed by atoms with Crippen molar-refractivity contribution in [3.05, 3.63) is 30.1 Å². The first-order chi connectivity index (χ1) is 12.3. The van der Waals surface area contributed by atoms with Crippen LogP contribution in [0, 0.1) is 0 Å². The van der Waals surface area contributed by atoms with Crippen LogP contribution in [0.4, 0.5) is 28.7 Å². The summed E-state index contributed by atoms with van der Waals surface area (Å²) in [7, 11) is 1.87. The smallest absolute Gasteiger partial charge is 0.156 e. The maximum Gasteiger partial charge on any atom is 0.156 e. The molecule has 4 N–H and O–H groups in total. The second-order valence-corrected chi connectivity index (χ2v) is 5.99. The molecule has 1 aromatic carbocycles. The summed E-state index contributed by atoms with van der Waals surface area (Å²) >= 11 is 0. The van der Waals surface area contributed by atoms with Crippen molar-refractivity contribution in [3.63, 3.8) is 0 Å². The first-order valence-electron chi connectivity index (χ1n) is 8.56. The molecule has 1 aromatic heterocycles. The summed E-state index contributed by atoms with van der Waals surface area (Å²) in [6.07, 6.45) is 0. The second-order valence-electron chi connectivity index (χ2n) is 5.99. The van der Waals surface area contributed by atoms with E-state index in [-0.39, 0.29) is 0 Å². The lowest BCUT2D eigenvalue weighted by atomic mass is 10.2. The molecule has 132 valence electrons. The second kappa shape index (κ2) is 7.02. The summed E-state index contributed by atoms with van der Waals surface area (Å²) in [4.78, 5) is 11.5. The fourth-order valence-electron chi connectivity index (χ4n) is 3.07. The van der Waals surface area contributed by atoms with Crippen molar-refractivity contribution in [2.24, 2.45) is 0 Å². The molecular weight excluding hydrogens is 318 g/mol. The number of morpholine rings is 1. The molecule has 8 heteroatoms. The van der Waals surface area contributed by atoms with Crippen LogP contribution in [0.15, 0.2) is 24.3 Å². The van der Waals surface area contributed by atoms with Gasteiger partial charge in [0.15, 0.2) is 17.5 Å². The molecule has 1 saturated heterocycles. The standard InChI is InChI=1S/C17H23N7O/c1-18-16-15-17(21-11-20-15)23-14(22-16)10-19-12-2-4-13(5-3-12)24-6-8-25-9-7-24/h2-5,19-20H,6-11H2,1H3,(H2,18,21,22,23). The highest BCUT2D eigenvalue weighted by atomic mass is 16.5. The van der Waals surface area contributed by atoms with Gasteiger partial charge in [-0.1, -0.05) is 0 Å². The maximum atomic E-state index is 5.40. The van der Waals surface area contributed by atoms with Crippen LogP contribution in [-0.2, 0) is 11.3 Å². The summed E-state index contributed by atoms with van der Waals surface area (Å²) in [6, 6.07) is 8.47. The molecule has 0 aliphatic carbocycles. The van der Waals surface area contributed by atoms with Crippen LogP contribution in [0.2, 0.25) is 0 Å². The van der Waals surface area contributed by atoms with E-state index in [4.69, 9.17) is 4.74 Å². The minimum Gasteiger partial charge on any atom is -0.378 e. The first kappa shape index (κ1) is 15.8. The Balaban J connectivity index is 1.41. The van der Waals surface area contributed by atoms with E-state index in [1.54, 1.807) is 0 Å². The van der Waals surface area contributed by atoms with Crippen molar-refractivity contribution in [2.75, 3.05) is 66.2 Å². The van der Waals surface area contributed by atoms with E-state index >= 15 is 0 Å². The molecule has 0 spiro atoms. The third kappa shape index (κ3) is 3.39. The van der Waals surface area contributed by atoms with E-state index in [0.29, 0.717) is 13.2 Å². The molecule has 0 atom stereocenters. The molecule has 0 unspecified atom stereocenters. The molecule has 4 rings (SSSR count). The molecule has 0 radical (unpaired) electrons. The van der Waals surface area contributed by atoms with Gasteiger partial charge in [0.1, 0.15) is 5.69 Å². The molecule has 8 nitrogen and oxygen atoms in total. The van der Waals surface area contributed by atoms with Crippen LogP contribution in [0.3, 0.4) is 0 Å². The van der Waals surface area contributed by atoms with Crippen LogP contribution in [0.25, 0.3) is 0 Å². The van der Waals surface area contributed by atoms with E-state index in [1.807, 2.05) is 7.05 Å². The van der Waals surface area contributed by atoms with Crippen molar-refractivity contribution >= 4 is 28.7 Å². The van der Waals surface area contributed by atoms with E-state index in [2.05, 4.69) is 60.4 Å². The van der Waals surface area contributed by atoms with E-state index in [1.165, 1.54) is 5.69 Å². The number of aromatic nitrogens is 2. The van der Waals surface area contributed by atoms with Gasteiger partial charge in [-0.15, -0.1) is 0 Å². The molecule has 3 heterocycles. The largest absolute Gasteiger partial charge is 0.378 e. The molecule has 0 bridgehead atoms. The Kier molecular flexibility index (Phi) is 4.43. The van der Waals surface area contributed by atoms with Gasteiger partial charge in [0, 0.05) is 31.5 Å². The number of nitrogens with zero attached hydrogens (tertiary/aromatic N) is 3. The predicted octanol–water partition coefficient (Wildman–Crippen LogP) is 1.76. The quantitative estimate of drug-likeness (QED) is 0.655. The van der Waals surface area contributed by atoms with Gasteiger partial charge in [0.2, 0.25) is 0 Å². The number of hydrogen-bond acceptors (Lipinski definition) is 8. The van der Waals surface area contributed by atoms with Gasteiger partial charge >= 0.3 is 0 Å². The molecule has 1 fully saturated rings. The molecule has 25 heavy (non-hydrogen) atoms. The van der Waals surface area contributed by atoms with E-state index < -0.39 is 0 Å². The summed E-state index contributed by atoms with van der Waals surface area (Å²) in [5.74, 6) is 2.41. The lowest BCUT2D eigenvalue weighted by Gasteiger charge is -2.28. The monoisotopic (exact) mass is 341 g/mol. The van der Waals surface area contributed by atoms with Gasteiger partial charge in [-0.2, -0.15) is 0 Å². The zero-order valence-electron chi connectivity index (χ0n) is 14.3. The third-order valence-corrected chi connectivity index (χ3v) is 4.41. The Hall–Kier alpha value is -2.74. The number of benzene rings is 1. The van der Waals surface area contributed by atoms with Gasteiger partial charge in [-0.3, -0.25) is 0 Å². The Bertz CT molecular complexity index is 729. The summed E-state index contributed by atoms with van der Waals surface area (Å²) in [5, 5.41) is 12.9. The van der Waals surface area contributed by atoms with Crippen LogP contribution >= 0.6 is 0 Å². The molecule has 0 saturated carbocycles.